The van der Waals surface area contributed by atoms with E-state index in [1.165, 1.54) is 23.9 Å². The molecule has 0 aromatic heterocycles. The van der Waals surface area contributed by atoms with Crippen molar-refractivity contribution in [2.24, 2.45) is 0 Å². The van der Waals surface area contributed by atoms with E-state index in [-0.39, 0.29) is 28.2 Å². The van der Waals surface area contributed by atoms with E-state index in [9.17, 15) is 18.0 Å². The Hall–Kier alpha value is -2.03. The van der Waals surface area contributed by atoms with Crippen LogP contribution in [0.5, 0.6) is 0 Å². The second kappa shape index (κ2) is 8.14. The largest absolute Gasteiger partial charge is 0.325 e. The number of halogens is 1. The average Bonchev–Trinajstić information content (AvgIpc) is 2.63. The summed E-state index contributed by atoms with van der Waals surface area (Å²) in [7, 11) is -3.68. The third-order valence-corrected chi connectivity index (χ3v) is 7.44. The lowest BCUT2D eigenvalue weighted by molar-refractivity contribution is -0.116. The molecule has 1 aliphatic rings. The zero-order valence-electron chi connectivity index (χ0n) is 15.3. The molecule has 2 aromatic carbocycles. The van der Waals surface area contributed by atoms with E-state index in [1.807, 2.05) is 6.92 Å². The lowest BCUT2D eigenvalue weighted by atomic mass is 10.2. The van der Waals surface area contributed by atoms with Gasteiger partial charge in [-0.15, -0.1) is 11.8 Å². The second-order valence-electron chi connectivity index (χ2n) is 6.51. The molecule has 9 heteroatoms. The summed E-state index contributed by atoms with van der Waals surface area (Å²) in [6.45, 7) is 3.66. The van der Waals surface area contributed by atoms with E-state index in [0.717, 1.165) is 10.5 Å². The molecule has 0 fully saturated rings. The van der Waals surface area contributed by atoms with Gasteiger partial charge in [-0.2, -0.15) is 0 Å². The fourth-order valence-electron chi connectivity index (χ4n) is 2.66. The van der Waals surface area contributed by atoms with Crippen LogP contribution in [0.2, 0.25) is 5.02 Å². The summed E-state index contributed by atoms with van der Waals surface area (Å²) in [4.78, 5) is 24.8. The first-order chi connectivity index (χ1) is 13.2. The maximum Gasteiger partial charge on any atom is 0.237 e. The number of hydrogen-bond acceptors (Lipinski definition) is 5. The van der Waals surface area contributed by atoms with Crippen LogP contribution in [0, 0.1) is 6.92 Å². The van der Waals surface area contributed by atoms with E-state index in [2.05, 4.69) is 10.6 Å². The minimum atomic E-state index is -3.68. The van der Waals surface area contributed by atoms with Crippen LogP contribution < -0.4 is 10.6 Å². The number of thioether (sulfide) groups is 1. The molecule has 148 valence electrons. The fourth-order valence-corrected chi connectivity index (χ4v) is 5.14. The molecular weight excluding hydrogens is 420 g/mol. The van der Waals surface area contributed by atoms with Gasteiger partial charge >= 0.3 is 0 Å². The Bertz CT molecular complexity index is 1050. The lowest BCUT2D eigenvalue weighted by Gasteiger charge is -2.21. The molecule has 0 saturated heterocycles. The Labute approximate surface area is 173 Å². The van der Waals surface area contributed by atoms with Gasteiger partial charge in [-0.05, 0) is 49.7 Å². The monoisotopic (exact) mass is 438 g/mol. The van der Waals surface area contributed by atoms with Crippen molar-refractivity contribution in [3.05, 3.63) is 47.0 Å². The number of benzene rings is 2. The van der Waals surface area contributed by atoms with Crippen LogP contribution in [0.15, 0.2) is 46.2 Å². The van der Waals surface area contributed by atoms with Crippen molar-refractivity contribution in [1.82, 2.24) is 0 Å². The minimum Gasteiger partial charge on any atom is -0.325 e. The first kappa shape index (κ1) is 20.7. The van der Waals surface area contributed by atoms with Crippen molar-refractivity contribution in [2.45, 2.75) is 35.3 Å². The predicted octanol–water partition coefficient (Wildman–Crippen LogP) is 3.88. The lowest BCUT2D eigenvalue weighted by Crippen LogP contribution is -2.26. The average molecular weight is 439 g/mol. The minimum absolute atomic E-state index is 0.0721. The van der Waals surface area contributed by atoms with Crippen molar-refractivity contribution in [3.63, 3.8) is 0 Å². The summed E-state index contributed by atoms with van der Waals surface area (Å²) >= 11 is 7.46. The van der Waals surface area contributed by atoms with Crippen LogP contribution in [0.25, 0.3) is 0 Å². The normalized spacial score (nSPS) is 16.2. The number of anilines is 2. The maximum atomic E-state index is 12.6. The Kier molecular flexibility index (Phi) is 6.02. The molecule has 6 nitrogen and oxygen atoms in total. The molecule has 1 heterocycles. The van der Waals surface area contributed by atoms with Crippen molar-refractivity contribution in [1.29, 1.82) is 0 Å². The second-order valence-corrected chi connectivity index (χ2v) is 10.4. The third kappa shape index (κ3) is 4.68. The highest BCUT2D eigenvalue weighted by Gasteiger charge is 2.25. The Morgan fingerprint density at radius 1 is 1.25 bits per heavy atom. The number of nitrogens with one attached hydrogen (secondary N) is 2. The molecule has 2 amide bonds. The van der Waals surface area contributed by atoms with E-state index in [1.54, 1.807) is 31.2 Å². The number of carbonyl (C=O) groups excluding carboxylic acids is 2. The van der Waals surface area contributed by atoms with Gasteiger partial charge in [-0.1, -0.05) is 17.7 Å². The molecular formula is C19H19ClN2O4S2. The molecule has 2 aromatic rings. The molecule has 2 N–H and O–H groups in total. The highest BCUT2D eigenvalue weighted by molar-refractivity contribution is 8.01. The van der Waals surface area contributed by atoms with Crippen molar-refractivity contribution >= 4 is 56.4 Å². The third-order valence-electron chi connectivity index (χ3n) is 4.24. The number of hydrogen-bond donors (Lipinski definition) is 2. The van der Waals surface area contributed by atoms with Crippen molar-refractivity contribution < 1.29 is 18.0 Å². The fraction of sp³-hybridized carbons (Fsp3) is 0.263. The predicted molar refractivity (Wildman–Crippen MR) is 112 cm³/mol. The molecule has 0 spiro atoms. The van der Waals surface area contributed by atoms with Gasteiger partial charge in [-0.25, -0.2) is 8.42 Å². The van der Waals surface area contributed by atoms with Gasteiger partial charge in [0.05, 0.1) is 32.3 Å². The van der Waals surface area contributed by atoms with Gasteiger partial charge in [0.2, 0.25) is 11.8 Å². The number of rotatable bonds is 5. The zero-order valence-corrected chi connectivity index (χ0v) is 17.7. The van der Waals surface area contributed by atoms with E-state index >= 15 is 0 Å². The van der Waals surface area contributed by atoms with Crippen LogP contribution >= 0.6 is 23.4 Å². The van der Waals surface area contributed by atoms with Crippen LogP contribution in [0.1, 0.15) is 18.9 Å². The first-order valence-corrected chi connectivity index (χ1v) is 11.5. The molecule has 3 rings (SSSR count). The summed E-state index contributed by atoms with van der Waals surface area (Å²) in [5.74, 6) is -0.954. The van der Waals surface area contributed by atoms with E-state index < -0.39 is 15.7 Å². The Balaban J connectivity index is 1.68. The molecule has 0 bridgehead atoms. The molecule has 0 radical (unpaired) electrons. The Morgan fingerprint density at radius 3 is 2.71 bits per heavy atom. The smallest absolute Gasteiger partial charge is 0.237 e. The number of fused-ring (bicyclic) bond motifs is 1. The van der Waals surface area contributed by atoms with Gasteiger partial charge in [-0.3, -0.25) is 9.59 Å². The summed E-state index contributed by atoms with van der Waals surface area (Å²) in [6.07, 6.45) is -0.207. The van der Waals surface area contributed by atoms with E-state index in [4.69, 9.17) is 11.6 Å². The van der Waals surface area contributed by atoms with Crippen LogP contribution in [0.3, 0.4) is 0 Å². The van der Waals surface area contributed by atoms with Gasteiger partial charge in [0, 0.05) is 11.3 Å². The number of aryl methyl sites for hydroxylation is 1. The highest BCUT2D eigenvalue weighted by atomic mass is 35.5. The molecule has 0 saturated carbocycles. The standard InChI is InChI=1S/C19H19ClN2O4S2/c1-11-3-5-15(14(20)9-11)21-18(23)7-8-28(25,26)13-4-6-17-16(10-13)22-19(24)12(2)27-17/h3-6,9-10,12H,7-8H2,1-2H3,(H,21,23)(H,22,24)/t12-/m0/s1. The number of amides is 2. The molecule has 1 atom stereocenters. The summed E-state index contributed by atoms with van der Waals surface area (Å²) in [5, 5.41) is 5.51. The number of sulfone groups is 1. The molecule has 0 aliphatic carbocycles. The quantitative estimate of drug-likeness (QED) is 0.738. The van der Waals surface area contributed by atoms with Crippen LogP contribution in [-0.4, -0.2) is 31.2 Å². The summed E-state index contributed by atoms with van der Waals surface area (Å²) in [5.41, 5.74) is 1.88. The SMILES string of the molecule is Cc1ccc(NC(=O)CCS(=O)(=O)c2ccc3c(c2)NC(=O)[C@H](C)S3)c(Cl)c1. The summed E-state index contributed by atoms with van der Waals surface area (Å²) < 4.78 is 25.2. The topological polar surface area (TPSA) is 92.3 Å². The van der Waals surface area contributed by atoms with Gasteiger partial charge < -0.3 is 10.6 Å². The van der Waals surface area contributed by atoms with Gasteiger partial charge in [0.1, 0.15) is 0 Å². The first-order valence-electron chi connectivity index (χ1n) is 8.56. The van der Waals surface area contributed by atoms with Crippen molar-refractivity contribution in [3.8, 4) is 0 Å². The van der Waals surface area contributed by atoms with Crippen molar-refractivity contribution in [2.75, 3.05) is 16.4 Å². The van der Waals surface area contributed by atoms with Crippen LogP contribution in [-0.2, 0) is 19.4 Å². The molecule has 1 aliphatic heterocycles. The molecule has 0 unspecified atom stereocenters. The Morgan fingerprint density at radius 2 is 2.00 bits per heavy atom. The van der Waals surface area contributed by atoms with Gasteiger partial charge in [0.15, 0.2) is 9.84 Å². The van der Waals surface area contributed by atoms with Crippen LogP contribution in [0.4, 0.5) is 11.4 Å². The van der Waals surface area contributed by atoms with Gasteiger partial charge in [0.25, 0.3) is 0 Å². The van der Waals surface area contributed by atoms with E-state index in [0.29, 0.717) is 16.4 Å². The zero-order chi connectivity index (χ0) is 20.5. The highest BCUT2D eigenvalue weighted by Crippen LogP contribution is 2.37. The number of carbonyl (C=O) groups is 2. The summed E-state index contributed by atoms with van der Waals surface area (Å²) in [6, 6.07) is 9.81. The molecule has 28 heavy (non-hydrogen) atoms. The maximum absolute atomic E-state index is 12.6.